The van der Waals surface area contributed by atoms with Gasteiger partial charge in [0.2, 0.25) is 0 Å². The van der Waals surface area contributed by atoms with Gasteiger partial charge in [-0.3, -0.25) is 0 Å². The Morgan fingerprint density at radius 3 is 2.67 bits per heavy atom. The Labute approximate surface area is 89.5 Å². The van der Waals surface area contributed by atoms with Crippen LogP contribution in [0.5, 0.6) is 11.5 Å². The van der Waals surface area contributed by atoms with Crippen molar-refractivity contribution >= 4 is 5.69 Å². The summed E-state index contributed by atoms with van der Waals surface area (Å²) in [7, 11) is 1.58. The van der Waals surface area contributed by atoms with Crippen molar-refractivity contribution in [2.45, 2.75) is 13.3 Å². The summed E-state index contributed by atoms with van der Waals surface area (Å²) in [6, 6.07) is 3.32. The molecule has 15 heavy (non-hydrogen) atoms. The number of aromatic hydroxyl groups is 1. The fourth-order valence-corrected chi connectivity index (χ4v) is 1.52. The third kappa shape index (κ3) is 2.53. The zero-order valence-corrected chi connectivity index (χ0v) is 9.08. The molecule has 0 amide bonds. The van der Waals surface area contributed by atoms with E-state index in [1.54, 1.807) is 19.2 Å². The zero-order valence-electron chi connectivity index (χ0n) is 9.08. The zero-order chi connectivity index (χ0) is 11.3. The van der Waals surface area contributed by atoms with Gasteiger partial charge >= 0.3 is 0 Å². The van der Waals surface area contributed by atoms with E-state index in [9.17, 15) is 5.11 Å². The van der Waals surface area contributed by atoms with Gasteiger partial charge in [0.15, 0.2) is 0 Å². The first-order chi connectivity index (χ1) is 7.24. The van der Waals surface area contributed by atoms with Gasteiger partial charge in [0, 0.05) is 12.1 Å². The van der Waals surface area contributed by atoms with Gasteiger partial charge in [0.25, 0.3) is 0 Å². The second-order valence-corrected chi connectivity index (χ2v) is 3.14. The van der Waals surface area contributed by atoms with Gasteiger partial charge in [-0.05, 0) is 18.6 Å². The van der Waals surface area contributed by atoms with E-state index in [1.165, 1.54) is 0 Å². The molecule has 4 heteroatoms. The molecular weight excluding hydrogens is 194 g/mol. The lowest BCUT2D eigenvalue weighted by atomic mass is 10.1. The Hall–Kier alpha value is -1.42. The van der Waals surface area contributed by atoms with Gasteiger partial charge in [-0.25, -0.2) is 0 Å². The number of methoxy groups -OCH3 is 1. The van der Waals surface area contributed by atoms with Crippen LogP contribution in [0.3, 0.4) is 0 Å². The SMILES string of the molecule is CCc1c(O)ccc(OC)c1NCCO. The standard InChI is InChI=1S/C11H17NO3/c1-3-8-9(14)4-5-10(15-2)11(8)12-6-7-13/h4-5,12-14H,3,6-7H2,1-2H3. The molecule has 0 radical (unpaired) electrons. The third-order valence-electron chi connectivity index (χ3n) is 2.24. The quantitative estimate of drug-likeness (QED) is 0.688. The third-order valence-corrected chi connectivity index (χ3v) is 2.24. The molecule has 4 nitrogen and oxygen atoms in total. The Morgan fingerprint density at radius 1 is 1.40 bits per heavy atom. The summed E-state index contributed by atoms with van der Waals surface area (Å²) in [6.45, 7) is 2.44. The second-order valence-electron chi connectivity index (χ2n) is 3.14. The minimum Gasteiger partial charge on any atom is -0.508 e. The maximum absolute atomic E-state index is 9.65. The fourth-order valence-electron chi connectivity index (χ4n) is 1.52. The first kappa shape index (κ1) is 11.7. The Morgan fingerprint density at radius 2 is 2.13 bits per heavy atom. The number of aliphatic hydroxyl groups is 1. The fraction of sp³-hybridized carbons (Fsp3) is 0.455. The Balaban J connectivity index is 3.09. The van der Waals surface area contributed by atoms with Gasteiger partial charge in [-0.15, -0.1) is 0 Å². The summed E-state index contributed by atoms with van der Waals surface area (Å²) in [5.41, 5.74) is 1.57. The molecule has 1 rings (SSSR count). The minimum atomic E-state index is 0.0436. The lowest BCUT2D eigenvalue weighted by molar-refractivity contribution is 0.310. The van der Waals surface area contributed by atoms with E-state index >= 15 is 0 Å². The van der Waals surface area contributed by atoms with Crippen LogP contribution < -0.4 is 10.1 Å². The number of ether oxygens (including phenoxy) is 1. The van der Waals surface area contributed by atoms with E-state index in [1.807, 2.05) is 6.92 Å². The number of anilines is 1. The average Bonchev–Trinajstić information content (AvgIpc) is 2.26. The van der Waals surface area contributed by atoms with Crippen molar-refractivity contribution in [2.24, 2.45) is 0 Å². The van der Waals surface area contributed by atoms with E-state index in [-0.39, 0.29) is 12.4 Å². The van der Waals surface area contributed by atoms with Gasteiger partial charge in [-0.2, -0.15) is 0 Å². The normalized spacial score (nSPS) is 10.1. The highest BCUT2D eigenvalue weighted by Crippen LogP contribution is 2.34. The highest BCUT2D eigenvalue weighted by molar-refractivity contribution is 5.66. The van der Waals surface area contributed by atoms with Crippen LogP contribution in [0.25, 0.3) is 0 Å². The first-order valence-corrected chi connectivity index (χ1v) is 4.98. The van der Waals surface area contributed by atoms with Crippen LogP contribution in [0.15, 0.2) is 12.1 Å². The summed E-state index contributed by atoms with van der Waals surface area (Å²) < 4.78 is 5.18. The first-order valence-electron chi connectivity index (χ1n) is 4.98. The molecule has 1 aromatic carbocycles. The number of phenolic OH excluding ortho intramolecular Hbond substituents is 1. The summed E-state index contributed by atoms with van der Waals surface area (Å²) >= 11 is 0. The van der Waals surface area contributed by atoms with Crippen molar-refractivity contribution < 1.29 is 14.9 Å². The largest absolute Gasteiger partial charge is 0.508 e. The number of rotatable bonds is 5. The van der Waals surface area contributed by atoms with Crippen LogP contribution in [0.1, 0.15) is 12.5 Å². The molecule has 0 aliphatic carbocycles. The number of hydrogen-bond donors (Lipinski definition) is 3. The van der Waals surface area contributed by atoms with E-state index in [4.69, 9.17) is 9.84 Å². The number of nitrogens with one attached hydrogen (secondary N) is 1. The van der Waals surface area contributed by atoms with E-state index in [0.717, 1.165) is 11.3 Å². The molecule has 84 valence electrons. The lowest BCUT2D eigenvalue weighted by Gasteiger charge is -2.15. The molecule has 1 aromatic rings. The highest BCUT2D eigenvalue weighted by atomic mass is 16.5. The van der Waals surface area contributed by atoms with E-state index in [2.05, 4.69) is 5.32 Å². The number of benzene rings is 1. The smallest absolute Gasteiger partial charge is 0.142 e. The molecule has 0 fully saturated rings. The minimum absolute atomic E-state index is 0.0436. The van der Waals surface area contributed by atoms with Gasteiger partial charge in [0.1, 0.15) is 11.5 Å². The predicted molar refractivity (Wildman–Crippen MR) is 59.6 cm³/mol. The van der Waals surface area contributed by atoms with Crippen molar-refractivity contribution in [3.8, 4) is 11.5 Å². The van der Waals surface area contributed by atoms with Crippen LogP contribution in [-0.4, -0.2) is 30.5 Å². The summed E-state index contributed by atoms with van der Waals surface area (Å²) in [4.78, 5) is 0. The van der Waals surface area contributed by atoms with Crippen LogP contribution in [0, 0.1) is 0 Å². The molecule has 0 atom stereocenters. The second kappa shape index (κ2) is 5.46. The number of phenols is 1. The van der Waals surface area contributed by atoms with Gasteiger partial charge in [-0.1, -0.05) is 6.92 Å². The predicted octanol–water partition coefficient (Wildman–Crippen LogP) is 1.37. The summed E-state index contributed by atoms with van der Waals surface area (Å²) in [5.74, 6) is 0.928. The maximum atomic E-state index is 9.65. The topological polar surface area (TPSA) is 61.7 Å². The van der Waals surface area contributed by atoms with Crippen LogP contribution in [0.2, 0.25) is 0 Å². The molecule has 0 aliphatic heterocycles. The Kier molecular flexibility index (Phi) is 4.24. The molecule has 0 bridgehead atoms. The molecule has 0 aliphatic rings. The lowest BCUT2D eigenvalue weighted by Crippen LogP contribution is -2.08. The van der Waals surface area contributed by atoms with E-state index < -0.39 is 0 Å². The van der Waals surface area contributed by atoms with Crippen molar-refractivity contribution in [1.29, 1.82) is 0 Å². The highest BCUT2D eigenvalue weighted by Gasteiger charge is 2.11. The van der Waals surface area contributed by atoms with Crippen molar-refractivity contribution in [1.82, 2.24) is 0 Å². The van der Waals surface area contributed by atoms with Crippen LogP contribution >= 0.6 is 0 Å². The van der Waals surface area contributed by atoms with Crippen LogP contribution in [0.4, 0.5) is 5.69 Å². The molecule has 3 N–H and O–H groups in total. The molecule has 0 saturated heterocycles. The Bertz CT molecular complexity index is 326. The molecule has 0 spiro atoms. The number of aliphatic hydroxyl groups excluding tert-OH is 1. The van der Waals surface area contributed by atoms with Gasteiger partial charge < -0.3 is 20.3 Å². The molecule has 0 aromatic heterocycles. The average molecular weight is 211 g/mol. The maximum Gasteiger partial charge on any atom is 0.142 e. The monoisotopic (exact) mass is 211 g/mol. The molecule has 0 heterocycles. The van der Waals surface area contributed by atoms with E-state index in [0.29, 0.717) is 18.7 Å². The number of hydrogen-bond acceptors (Lipinski definition) is 4. The summed E-state index contributed by atoms with van der Waals surface area (Å²) in [6.07, 6.45) is 0.705. The van der Waals surface area contributed by atoms with Crippen molar-refractivity contribution in [2.75, 3.05) is 25.6 Å². The van der Waals surface area contributed by atoms with Crippen molar-refractivity contribution in [3.05, 3.63) is 17.7 Å². The molecule has 0 unspecified atom stereocenters. The van der Waals surface area contributed by atoms with Crippen molar-refractivity contribution in [3.63, 3.8) is 0 Å². The molecular formula is C11H17NO3. The van der Waals surface area contributed by atoms with Gasteiger partial charge in [0.05, 0.1) is 19.4 Å². The van der Waals surface area contributed by atoms with Crippen LogP contribution in [-0.2, 0) is 6.42 Å². The molecule has 0 saturated carbocycles. The summed E-state index contributed by atoms with van der Waals surface area (Å²) in [5, 5.41) is 21.5.